The fourth-order valence-corrected chi connectivity index (χ4v) is 4.47. The van der Waals surface area contributed by atoms with E-state index in [0.29, 0.717) is 10.7 Å². The first-order valence-corrected chi connectivity index (χ1v) is 11.6. The molecule has 0 saturated heterocycles. The van der Waals surface area contributed by atoms with Crippen molar-refractivity contribution in [3.05, 3.63) is 88.9 Å². The second-order valence-electron chi connectivity index (χ2n) is 6.53. The van der Waals surface area contributed by atoms with E-state index in [1.165, 1.54) is 11.3 Å². The van der Waals surface area contributed by atoms with E-state index in [0.717, 1.165) is 37.6 Å². The molecule has 0 unspecified atom stereocenters. The lowest BCUT2D eigenvalue weighted by atomic mass is 10.1. The highest BCUT2D eigenvalue weighted by Gasteiger charge is 2.12. The number of thioether (sulfide) groups is 1. The van der Waals surface area contributed by atoms with Crippen molar-refractivity contribution >= 4 is 45.7 Å². The van der Waals surface area contributed by atoms with E-state index in [1.807, 2.05) is 72.8 Å². The number of amides is 1. The fraction of sp³-hybridized carbons (Fsp3) is 0.0870. The minimum absolute atomic E-state index is 0.214. The van der Waals surface area contributed by atoms with Crippen LogP contribution in [-0.2, 0) is 5.75 Å². The smallest absolute Gasteiger partial charge is 0.257 e. The Morgan fingerprint density at radius 2 is 1.71 bits per heavy atom. The molecule has 0 aliphatic heterocycles. The average molecular weight is 468 g/mol. The number of anilines is 1. The third-order valence-electron chi connectivity index (χ3n) is 4.42. The molecule has 31 heavy (non-hydrogen) atoms. The summed E-state index contributed by atoms with van der Waals surface area (Å²) in [5.74, 6) is 1.37. The summed E-state index contributed by atoms with van der Waals surface area (Å²) in [5.41, 5.74) is 2.62. The third-order valence-corrected chi connectivity index (χ3v) is 6.64. The van der Waals surface area contributed by atoms with Crippen molar-refractivity contribution in [3.63, 3.8) is 0 Å². The normalized spacial score (nSPS) is 10.6. The van der Waals surface area contributed by atoms with Gasteiger partial charge in [-0.3, -0.25) is 10.1 Å². The van der Waals surface area contributed by atoms with E-state index < -0.39 is 0 Å². The second kappa shape index (κ2) is 9.96. The van der Waals surface area contributed by atoms with Crippen LogP contribution < -0.4 is 10.1 Å². The minimum atomic E-state index is -0.214. The van der Waals surface area contributed by atoms with Crippen molar-refractivity contribution in [2.75, 3.05) is 12.4 Å². The predicted octanol–water partition coefficient (Wildman–Crippen LogP) is 6.41. The van der Waals surface area contributed by atoms with Crippen LogP contribution in [0.25, 0.3) is 10.6 Å². The number of nitrogens with zero attached hydrogens (tertiary/aromatic N) is 2. The minimum Gasteiger partial charge on any atom is -0.497 e. The molecule has 1 amide bonds. The number of aromatic nitrogens is 2. The summed E-state index contributed by atoms with van der Waals surface area (Å²) in [6.07, 6.45) is 0. The molecule has 1 N–H and O–H groups in total. The van der Waals surface area contributed by atoms with Gasteiger partial charge >= 0.3 is 0 Å². The zero-order valence-corrected chi connectivity index (χ0v) is 18.9. The van der Waals surface area contributed by atoms with E-state index in [-0.39, 0.29) is 5.91 Å². The number of rotatable bonds is 7. The van der Waals surface area contributed by atoms with E-state index in [2.05, 4.69) is 15.5 Å². The van der Waals surface area contributed by atoms with E-state index in [9.17, 15) is 4.79 Å². The zero-order valence-electron chi connectivity index (χ0n) is 16.5. The molecule has 5 nitrogen and oxygen atoms in total. The van der Waals surface area contributed by atoms with Gasteiger partial charge in [0.25, 0.3) is 5.91 Å². The molecule has 0 saturated carbocycles. The highest BCUT2D eigenvalue weighted by atomic mass is 35.5. The Morgan fingerprint density at radius 3 is 2.39 bits per heavy atom. The fourth-order valence-electron chi connectivity index (χ4n) is 2.74. The van der Waals surface area contributed by atoms with Crippen LogP contribution in [0.15, 0.2) is 77.7 Å². The molecular weight excluding hydrogens is 450 g/mol. The summed E-state index contributed by atoms with van der Waals surface area (Å²) in [7, 11) is 1.62. The Hall–Kier alpha value is -2.87. The van der Waals surface area contributed by atoms with Crippen LogP contribution in [0, 0.1) is 0 Å². The number of halogens is 1. The molecule has 1 aromatic heterocycles. The first-order valence-electron chi connectivity index (χ1n) is 9.37. The first-order chi connectivity index (χ1) is 15.1. The van der Waals surface area contributed by atoms with Crippen LogP contribution in [-0.4, -0.2) is 23.2 Å². The zero-order chi connectivity index (χ0) is 21.6. The molecule has 3 aromatic carbocycles. The van der Waals surface area contributed by atoms with Gasteiger partial charge in [0, 0.05) is 26.8 Å². The van der Waals surface area contributed by atoms with Crippen LogP contribution in [0.5, 0.6) is 5.75 Å². The Kier molecular flexibility index (Phi) is 6.86. The second-order valence-corrected chi connectivity index (χ2v) is 9.00. The number of nitrogens with one attached hydrogen (secondary N) is 1. The average Bonchev–Trinajstić information content (AvgIpc) is 3.27. The molecule has 0 aliphatic rings. The molecule has 0 fully saturated rings. The number of carbonyl (C=O) groups is 1. The quantitative estimate of drug-likeness (QED) is 0.318. The Bertz CT molecular complexity index is 1160. The number of carbonyl (C=O) groups excluding carboxylic acids is 1. The number of methoxy groups -OCH3 is 1. The van der Waals surface area contributed by atoms with Crippen LogP contribution in [0.3, 0.4) is 0 Å². The van der Waals surface area contributed by atoms with Gasteiger partial charge in [-0.15, -0.1) is 22.0 Å². The molecular formula is C23H18ClN3O2S2. The maximum atomic E-state index is 12.6. The van der Waals surface area contributed by atoms with Crippen molar-refractivity contribution in [3.8, 4) is 16.3 Å². The standard InChI is InChI=1S/C23H18ClN3O2S2/c1-29-19-10-6-17(7-11-19)22-26-27-23(31-22)25-21(28)16-4-2-15(3-5-16)14-30-20-12-8-18(24)9-13-20/h2-13H,14H2,1H3,(H,25,27,28). The van der Waals surface area contributed by atoms with Crippen LogP contribution in [0.4, 0.5) is 5.13 Å². The molecule has 0 spiro atoms. The number of hydrogen-bond acceptors (Lipinski definition) is 6. The van der Waals surface area contributed by atoms with Gasteiger partial charge in [0.1, 0.15) is 10.8 Å². The molecule has 8 heteroatoms. The largest absolute Gasteiger partial charge is 0.497 e. The van der Waals surface area contributed by atoms with Gasteiger partial charge in [-0.1, -0.05) is 35.1 Å². The molecule has 0 bridgehead atoms. The van der Waals surface area contributed by atoms with Gasteiger partial charge in [0.15, 0.2) is 0 Å². The Balaban J connectivity index is 1.35. The highest BCUT2D eigenvalue weighted by Crippen LogP contribution is 2.28. The van der Waals surface area contributed by atoms with Crippen LogP contribution in [0.1, 0.15) is 15.9 Å². The number of ether oxygens (including phenoxy) is 1. The lowest BCUT2D eigenvalue weighted by Crippen LogP contribution is -2.11. The SMILES string of the molecule is COc1ccc(-c2nnc(NC(=O)c3ccc(CSc4ccc(Cl)cc4)cc3)s2)cc1. The van der Waals surface area contributed by atoms with Gasteiger partial charge in [-0.2, -0.15) is 0 Å². The van der Waals surface area contributed by atoms with Gasteiger partial charge in [0.05, 0.1) is 7.11 Å². The van der Waals surface area contributed by atoms with E-state index in [4.69, 9.17) is 16.3 Å². The van der Waals surface area contributed by atoms with E-state index >= 15 is 0 Å². The van der Waals surface area contributed by atoms with Gasteiger partial charge < -0.3 is 4.74 Å². The summed E-state index contributed by atoms with van der Waals surface area (Å²) < 4.78 is 5.17. The maximum Gasteiger partial charge on any atom is 0.257 e. The van der Waals surface area contributed by atoms with Crippen molar-refractivity contribution in [2.24, 2.45) is 0 Å². The van der Waals surface area contributed by atoms with Gasteiger partial charge in [0.2, 0.25) is 5.13 Å². The topological polar surface area (TPSA) is 64.1 Å². The first kappa shape index (κ1) is 21.4. The Labute approximate surface area is 193 Å². The summed E-state index contributed by atoms with van der Waals surface area (Å²) in [6, 6.07) is 22.9. The summed E-state index contributed by atoms with van der Waals surface area (Å²) >= 11 is 8.96. The van der Waals surface area contributed by atoms with Crippen LogP contribution in [0.2, 0.25) is 5.02 Å². The van der Waals surface area contributed by atoms with Crippen molar-refractivity contribution in [1.82, 2.24) is 10.2 Å². The predicted molar refractivity (Wildman–Crippen MR) is 127 cm³/mol. The molecule has 0 aliphatic carbocycles. The monoisotopic (exact) mass is 467 g/mol. The summed E-state index contributed by atoms with van der Waals surface area (Å²) in [4.78, 5) is 13.7. The highest BCUT2D eigenvalue weighted by molar-refractivity contribution is 7.98. The molecule has 0 atom stereocenters. The Morgan fingerprint density at radius 1 is 1.00 bits per heavy atom. The number of hydrogen-bond donors (Lipinski definition) is 1. The van der Waals surface area contributed by atoms with Gasteiger partial charge in [-0.25, -0.2) is 0 Å². The molecule has 156 valence electrons. The van der Waals surface area contributed by atoms with Crippen LogP contribution >= 0.6 is 34.7 Å². The van der Waals surface area contributed by atoms with Gasteiger partial charge in [-0.05, 0) is 66.2 Å². The maximum absolute atomic E-state index is 12.6. The molecule has 4 aromatic rings. The van der Waals surface area contributed by atoms with Crippen molar-refractivity contribution < 1.29 is 9.53 Å². The summed E-state index contributed by atoms with van der Waals surface area (Å²) in [6.45, 7) is 0. The van der Waals surface area contributed by atoms with Crippen molar-refractivity contribution in [1.29, 1.82) is 0 Å². The lowest BCUT2D eigenvalue weighted by molar-refractivity contribution is 0.102. The van der Waals surface area contributed by atoms with Crippen molar-refractivity contribution in [2.45, 2.75) is 10.6 Å². The number of benzene rings is 3. The third kappa shape index (κ3) is 5.64. The molecule has 0 radical (unpaired) electrons. The van der Waals surface area contributed by atoms with E-state index in [1.54, 1.807) is 18.9 Å². The molecule has 4 rings (SSSR count). The summed E-state index contributed by atoms with van der Waals surface area (Å²) in [5, 5.41) is 13.0. The lowest BCUT2D eigenvalue weighted by Gasteiger charge is -2.05. The molecule has 1 heterocycles.